The topological polar surface area (TPSA) is 66.9 Å². The van der Waals surface area contributed by atoms with Crippen molar-refractivity contribution in [3.63, 3.8) is 0 Å². The number of amides is 2. The molecule has 2 N–H and O–H groups in total. The van der Waals surface area contributed by atoms with Crippen molar-refractivity contribution in [3.8, 4) is 0 Å². The van der Waals surface area contributed by atoms with E-state index in [4.69, 9.17) is 11.6 Å². The summed E-state index contributed by atoms with van der Waals surface area (Å²) >= 11 is 5.79. The minimum absolute atomic E-state index is 0.197. The highest BCUT2D eigenvalue weighted by molar-refractivity contribution is 6.30. The largest absolute Gasteiger partial charge is 0.338 e. The van der Waals surface area contributed by atoms with E-state index in [-0.39, 0.29) is 6.03 Å². The fourth-order valence-electron chi connectivity index (χ4n) is 1.63. The molecule has 0 saturated heterocycles. The molecule has 0 atom stereocenters. The van der Waals surface area contributed by atoms with E-state index in [1.54, 1.807) is 24.5 Å². The molecule has 1 aromatic carbocycles. The molecular formula is C14H15ClN4O. The summed E-state index contributed by atoms with van der Waals surface area (Å²) in [6, 6.07) is 7.16. The van der Waals surface area contributed by atoms with Gasteiger partial charge in [-0.1, -0.05) is 23.7 Å². The Kier molecular flexibility index (Phi) is 5.32. The van der Waals surface area contributed by atoms with Crippen LogP contribution in [0.5, 0.6) is 0 Å². The van der Waals surface area contributed by atoms with Crippen molar-refractivity contribution in [2.45, 2.75) is 13.0 Å². The number of benzene rings is 1. The lowest BCUT2D eigenvalue weighted by Gasteiger charge is -2.07. The normalized spacial score (nSPS) is 10.1. The summed E-state index contributed by atoms with van der Waals surface area (Å²) in [5.74, 6) is 0. The molecule has 0 aliphatic heterocycles. The standard InChI is InChI=1S/C14H15ClN4O/c15-13-3-1-11(2-4-13)9-19-14(20)18-6-5-12-7-16-10-17-8-12/h1-4,7-8,10H,5-6,9H2,(H2,18,19,20). The van der Waals surface area contributed by atoms with Crippen LogP contribution in [0.25, 0.3) is 0 Å². The van der Waals surface area contributed by atoms with Gasteiger partial charge in [0.05, 0.1) is 0 Å². The van der Waals surface area contributed by atoms with E-state index in [1.807, 2.05) is 12.1 Å². The van der Waals surface area contributed by atoms with Crippen molar-refractivity contribution < 1.29 is 4.79 Å². The molecule has 2 rings (SSSR count). The molecule has 1 aromatic heterocycles. The van der Waals surface area contributed by atoms with Crippen molar-refractivity contribution >= 4 is 17.6 Å². The molecule has 0 spiro atoms. The van der Waals surface area contributed by atoms with E-state index in [1.165, 1.54) is 6.33 Å². The molecule has 104 valence electrons. The van der Waals surface area contributed by atoms with Gasteiger partial charge in [-0.3, -0.25) is 0 Å². The summed E-state index contributed by atoms with van der Waals surface area (Å²) in [4.78, 5) is 19.4. The predicted molar refractivity (Wildman–Crippen MR) is 77.4 cm³/mol. The van der Waals surface area contributed by atoms with Gasteiger partial charge in [0.15, 0.2) is 0 Å². The first-order chi connectivity index (χ1) is 9.74. The minimum Gasteiger partial charge on any atom is -0.338 e. The van der Waals surface area contributed by atoms with Crippen LogP contribution in [0.15, 0.2) is 43.0 Å². The highest BCUT2D eigenvalue weighted by Crippen LogP contribution is 2.08. The molecule has 0 aliphatic carbocycles. The van der Waals surface area contributed by atoms with Crippen LogP contribution in [0.2, 0.25) is 5.02 Å². The Balaban J connectivity index is 1.67. The molecule has 5 nitrogen and oxygen atoms in total. The maximum Gasteiger partial charge on any atom is 0.315 e. The van der Waals surface area contributed by atoms with Gasteiger partial charge in [-0.15, -0.1) is 0 Å². The Morgan fingerprint density at radius 2 is 1.75 bits per heavy atom. The Morgan fingerprint density at radius 1 is 1.05 bits per heavy atom. The van der Waals surface area contributed by atoms with Crippen LogP contribution in [0, 0.1) is 0 Å². The second-order valence-electron chi connectivity index (χ2n) is 4.23. The van der Waals surface area contributed by atoms with Gasteiger partial charge in [-0.05, 0) is 29.7 Å². The fourth-order valence-corrected chi connectivity index (χ4v) is 1.75. The van der Waals surface area contributed by atoms with Crippen LogP contribution in [-0.4, -0.2) is 22.5 Å². The quantitative estimate of drug-likeness (QED) is 0.887. The molecular weight excluding hydrogens is 276 g/mol. The number of hydrogen-bond acceptors (Lipinski definition) is 3. The van der Waals surface area contributed by atoms with Crippen LogP contribution >= 0.6 is 11.6 Å². The number of nitrogens with zero attached hydrogens (tertiary/aromatic N) is 2. The maximum absolute atomic E-state index is 11.6. The van der Waals surface area contributed by atoms with Gasteiger partial charge < -0.3 is 10.6 Å². The SMILES string of the molecule is O=C(NCCc1cncnc1)NCc1ccc(Cl)cc1. The molecule has 0 unspecified atom stereocenters. The van der Waals surface area contributed by atoms with Gasteiger partial charge in [0.1, 0.15) is 6.33 Å². The first-order valence-corrected chi connectivity index (χ1v) is 6.62. The van der Waals surface area contributed by atoms with E-state index in [0.717, 1.165) is 11.1 Å². The van der Waals surface area contributed by atoms with Crippen molar-refractivity contribution in [2.24, 2.45) is 0 Å². The van der Waals surface area contributed by atoms with Crippen LogP contribution in [-0.2, 0) is 13.0 Å². The fraction of sp³-hybridized carbons (Fsp3) is 0.214. The summed E-state index contributed by atoms with van der Waals surface area (Å²) < 4.78 is 0. The first-order valence-electron chi connectivity index (χ1n) is 6.24. The number of halogens is 1. The number of nitrogens with one attached hydrogen (secondary N) is 2. The molecule has 2 amide bonds. The zero-order valence-electron chi connectivity index (χ0n) is 10.8. The maximum atomic E-state index is 11.6. The third-order valence-electron chi connectivity index (χ3n) is 2.68. The third-order valence-corrected chi connectivity index (χ3v) is 2.93. The highest BCUT2D eigenvalue weighted by atomic mass is 35.5. The Morgan fingerprint density at radius 3 is 2.45 bits per heavy atom. The smallest absolute Gasteiger partial charge is 0.315 e. The van der Waals surface area contributed by atoms with Crippen molar-refractivity contribution in [1.82, 2.24) is 20.6 Å². The Hall–Kier alpha value is -2.14. The summed E-state index contributed by atoms with van der Waals surface area (Å²) in [5.41, 5.74) is 1.99. The number of carbonyl (C=O) groups is 1. The highest BCUT2D eigenvalue weighted by Gasteiger charge is 2.00. The van der Waals surface area contributed by atoms with Crippen LogP contribution < -0.4 is 10.6 Å². The van der Waals surface area contributed by atoms with Crippen molar-refractivity contribution in [2.75, 3.05) is 6.54 Å². The van der Waals surface area contributed by atoms with Crippen LogP contribution in [0.3, 0.4) is 0 Å². The number of urea groups is 1. The van der Waals surface area contributed by atoms with Crippen molar-refractivity contribution in [1.29, 1.82) is 0 Å². The lowest BCUT2D eigenvalue weighted by atomic mass is 10.2. The lowest BCUT2D eigenvalue weighted by molar-refractivity contribution is 0.240. The molecule has 20 heavy (non-hydrogen) atoms. The molecule has 0 saturated carbocycles. The van der Waals surface area contributed by atoms with E-state index < -0.39 is 0 Å². The van der Waals surface area contributed by atoms with Gasteiger partial charge in [0.25, 0.3) is 0 Å². The molecule has 6 heteroatoms. The second-order valence-corrected chi connectivity index (χ2v) is 4.67. The van der Waals surface area contributed by atoms with E-state index in [9.17, 15) is 4.79 Å². The van der Waals surface area contributed by atoms with Crippen LogP contribution in [0.1, 0.15) is 11.1 Å². The number of rotatable bonds is 5. The zero-order chi connectivity index (χ0) is 14.2. The Labute approximate surface area is 122 Å². The lowest BCUT2D eigenvalue weighted by Crippen LogP contribution is -2.36. The summed E-state index contributed by atoms with van der Waals surface area (Å²) in [5, 5.41) is 6.24. The van der Waals surface area contributed by atoms with Gasteiger partial charge in [0.2, 0.25) is 0 Å². The van der Waals surface area contributed by atoms with Gasteiger partial charge >= 0.3 is 6.03 Å². The van der Waals surface area contributed by atoms with Gasteiger partial charge in [-0.25, -0.2) is 14.8 Å². The molecule has 2 aromatic rings. The predicted octanol–water partition coefficient (Wildman–Crippen LogP) is 2.17. The average Bonchev–Trinajstić information content (AvgIpc) is 2.48. The third kappa shape index (κ3) is 4.85. The number of aromatic nitrogens is 2. The van der Waals surface area contributed by atoms with Gasteiger partial charge in [-0.2, -0.15) is 0 Å². The Bertz CT molecular complexity index is 545. The number of hydrogen-bond donors (Lipinski definition) is 2. The average molecular weight is 291 g/mol. The second kappa shape index (κ2) is 7.45. The molecule has 0 bridgehead atoms. The van der Waals surface area contributed by atoms with Crippen LogP contribution in [0.4, 0.5) is 4.79 Å². The van der Waals surface area contributed by atoms with Gasteiger partial charge in [0, 0.05) is 30.5 Å². The molecule has 1 heterocycles. The molecule has 0 fully saturated rings. The minimum atomic E-state index is -0.197. The summed E-state index contributed by atoms with van der Waals surface area (Å²) in [7, 11) is 0. The first kappa shape index (κ1) is 14.3. The molecule has 0 aliphatic rings. The number of carbonyl (C=O) groups excluding carboxylic acids is 1. The van der Waals surface area contributed by atoms with E-state index in [2.05, 4.69) is 20.6 Å². The zero-order valence-corrected chi connectivity index (χ0v) is 11.6. The monoisotopic (exact) mass is 290 g/mol. The van der Waals surface area contributed by atoms with Crippen molar-refractivity contribution in [3.05, 3.63) is 59.1 Å². The molecule has 0 radical (unpaired) electrons. The summed E-state index contributed by atoms with van der Waals surface area (Å²) in [6.07, 6.45) is 5.66. The summed E-state index contributed by atoms with van der Waals surface area (Å²) in [6.45, 7) is 1.01. The van der Waals surface area contributed by atoms with E-state index >= 15 is 0 Å². The van der Waals surface area contributed by atoms with E-state index in [0.29, 0.717) is 24.5 Å².